The van der Waals surface area contributed by atoms with Gasteiger partial charge in [0.1, 0.15) is 5.82 Å². The number of anilines is 1. The molecule has 1 aliphatic heterocycles. The molecule has 140 valence electrons. The lowest BCUT2D eigenvalue weighted by Crippen LogP contribution is -2.29. The summed E-state index contributed by atoms with van der Waals surface area (Å²) in [5.41, 5.74) is 2.64. The highest BCUT2D eigenvalue weighted by atomic mass is 32.2. The van der Waals surface area contributed by atoms with Gasteiger partial charge in [-0.2, -0.15) is 0 Å². The van der Waals surface area contributed by atoms with E-state index in [1.165, 1.54) is 43.1 Å². The third-order valence-electron chi connectivity index (χ3n) is 4.80. The molecule has 0 bridgehead atoms. The topological polar surface area (TPSA) is 49.4 Å². The molecule has 2 aromatic rings. The molecule has 0 aliphatic carbocycles. The number of rotatable bonds is 6. The highest BCUT2D eigenvalue weighted by Crippen LogP contribution is 2.20. The van der Waals surface area contributed by atoms with E-state index in [0.29, 0.717) is 18.5 Å². The van der Waals surface area contributed by atoms with E-state index in [-0.39, 0.29) is 4.90 Å². The average Bonchev–Trinajstić information content (AvgIpc) is 2.65. The Kier molecular flexibility index (Phi) is 5.94. The zero-order chi connectivity index (χ0) is 18.6. The number of sulfonamides is 1. The standard InChI is InChI=1S/C20H25FN2O2S/c1-16-15-19(9-10-20(16)21)26(24,25)22-12-11-17-5-7-18(8-6-17)23-13-3-2-4-14-23/h5-10,15,22H,2-4,11-14H2,1H3. The normalized spacial score (nSPS) is 15.2. The van der Waals surface area contributed by atoms with Gasteiger partial charge in [-0.3, -0.25) is 0 Å². The monoisotopic (exact) mass is 376 g/mol. The Balaban J connectivity index is 1.56. The van der Waals surface area contributed by atoms with Gasteiger partial charge in [-0.15, -0.1) is 0 Å². The number of nitrogens with zero attached hydrogens (tertiary/aromatic N) is 1. The quantitative estimate of drug-likeness (QED) is 0.837. The first-order chi connectivity index (χ1) is 12.5. The van der Waals surface area contributed by atoms with Crippen LogP contribution in [-0.4, -0.2) is 28.1 Å². The summed E-state index contributed by atoms with van der Waals surface area (Å²) in [7, 11) is -3.62. The van der Waals surface area contributed by atoms with Crippen LogP contribution in [-0.2, 0) is 16.4 Å². The van der Waals surface area contributed by atoms with Gasteiger partial charge in [-0.05, 0) is 74.1 Å². The van der Waals surface area contributed by atoms with Crippen molar-refractivity contribution in [2.75, 3.05) is 24.5 Å². The summed E-state index contributed by atoms with van der Waals surface area (Å²) in [4.78, 5) is 2.49. The lowest BCUT2D eigenvalue weighted by atomic mass is 10.1. The van der Waals surface area contributed by atoms with Crippen LogP contribution in [0.5, 0.6) is 0 Å². The number of benzene rings is 2. The fraction of sp³-hybridized carbons (Fsp3) is 0.400. The maximum absolute atomic E-state index is 13.3. The molecule has 3 rings (SSSR count). The molecule has 6 heteroatoms. The minimum Gasteiger partial charge on any atom is -0.372 e. The van der Waals surface area contributed by atoms with E-state index in [1.807, 2.05) is 0 Å². The SMILES string of the molecule is Cc1cc(S(=O)(=O)NCCc2ccc(N3CCCCC3)cc2)ccc1F. The first-order valence-corrected chi connectivity index (χ1v) is 10.5. The Morgan fingerprint density at radius 1 is 1.04 bits per heavy atom. The van der Waals surface area contributed by atoms with E-state index in [9.17, 15) is 12.8 Å². The summed E-state index contributed by atoms with van der Waals surface area (Å²) in [5.74, 6) is -0.405. The third kappa shape index (κ3) is 4.62. The van der Waals surface area contributed by atoms with Crippen molar-refractivity contribution in [3.63, 3.8) is 0 Å². The average molecular weight is 376 g/mol. The van der Waals surface area contributed by atoms with Gasteiger partial charge >= 0.3 is 0 Å². The van der Waals surface area contributed by atoms with E-state index in [0.717, 1.165) is 18.7 Å². The highest BCUT2D eigenvalue weighted by Gasteiger charge is 2.15. The summed E-state index contributed by atoms with van der Waals surface area (Å²) in [6.45, 7) is 4.08. The van der Waals surface area contributed by atoms with Crippen LogP contribution < -0.4 is 9.62 Å². The summed E-state index contributed by atoms with van der Waals surface area (Å²) in [6.07, 6.45) is 4.40. The van der Waals surface area contributed by atoms with Gasteiger partial charge in [-0.1, -0.05) is 12.1 Å². The lowest BCUT2D eigenvalue weighted by Gasteiger charge is -2.28. The van der Waals surface area contributed by atoms with Crippen LogP contribution >= 0.6 is 0 Å². The van der Waals surface area contributed by atoms with Crippen LogP contribution in [0.15, 0.2) is 47.4 Å². The molecule has 4 nitrogen and oxygen atoms in total. The van der Waals surface area contributed by atoms with Crippen LogP contribution in [0, 0.1) is 12.7 Å². The highest BCUT2D eigenvalue weighted by molar-refractivity contribution is 7.89. The van der Waals surface area contributed by atoms with Crippen molar-refractivity contribution in [3.05, 3.63) is 59.4 Å². The summed E-state index contributed by atoms with van der Waals surface area (Å²) in [5, 5.41) is 0. The zero-order valence-corrected chi connectivity index (χ0v) is 15.9. The van der Waals surface area contributed by atoms with Crippen molar-refractivity contribution >= 4 is 15.7 Å². The molecule has 0 radical (unpaired) electrons. The second-order valence-corrected chi connectivity index (χ2v) is 8.54. The molecule has 2 aromatic carbocycles. The van der Waals surface area contributed by atoms with Gasteiger partial charge in [-0.25, -0.2) is 17.5 Å². The van der Waals surface area contributed by atoms with Gasteiger partial charge in [0.05, 0.1) is 4.90 Å². The van der Waals surface area contributed by atoms with Crippen LogP contribution in [0.2, 0.25) is 0 Å². The Bertz CT molecular complexity index is 845. The van der Waals surface area contributed by atoms with Crippen molar-refractivity contribution in [2.24, 2.45) is 0 Å². The summed E-state index contributed by atoms with van der Waals surface area (Å²) < 4.78 is 40.5. The Morgan fingerprint density at radius 3 is 2.38 bits per heavy atom. The molecule has 26 heavy (non-hydrogen) atoms. The molecule has 0 unspecified atom stereocenters. The number of piperidine rings is 1. The summed E-state index contributed by atoms with van der Waals surface area (Å²) in [6, 6.07) is 12.2. The summed E-state index contributed by atoms with van der Waals surface area (Å²) >= 11 is 0. The molecule has 1 saturated heterocycles. The number of hydrogen-bond acceptors (Lipinski definition) is 3. The minimum atomic E-state index is -3.62. The van der Waals surface area contributed by atoms with E-state index >= 15 is 0 Å². The maximum atomic E-state index is 13.3. The molecular weight excluding hydrogens is 351 g/mol. The molecule has 0 atom stereocenters. The van der Waals surface area contributed by atoms with E-state index in [1.54, 1.807) is 6.92 Å². The number of aryl methyl sites for hydroxylation is 1. The van der Waals surface area contributed by atoms with Crippen LogP contribution in [0.25, 0.3) is 0 Å². The predicted molar refractivity (Wildman–Crippen MR) is 103 cm³/mol. The Hall–Kier alpha value is -1.92. The molecule has 1 heterocycles. The molecule has 0 saturated carbocycles. The molecular formula is C20H25FN2O2S. The van der Waals surface area contributed by atoms with Crippen molar-refractivity contribution in [1.82, 2.24) is 4.72 Å². The van der Waals surface area contributed by atoms with Crippen LogP contribution in [0.3, 0.4) is 0 Å². The minimum absolute atomic E-state index is 0.0943. The molecule has 1 fully saturated rings. The van der Waals surface area contributed by atoms with Crippen molar-refractivity contribution in [1.29, 1.82) is 0 Å². The van der Waals surface area contributed by atoms with Gasteiger partial charge in [0.25, 0.3) is 0 Å². The first kappa shape index (κ1) is 18.9. The van der Waals surface area contributed by atoms with E-state index in [2.05, 4.69) is 33.9 Å². The van der Waals surface area contributed by atoms with E-state index in [4.69, 9.17) is 0 Å². The van der Waals surface area contributed by atoms with Crippen molar-refractivity contribution in [3.8, 4) is 0 Å². The predicted octanol–water partition coefficient (Wildman–Crippen LogP) is 3.65. The lowest BCUT2D eigenvalue weighted by molar-refractivity contribution is 0.577. The fourth-order valence-electron chi connectivity index (χ4n) is 3.22. The second-order valence-electron chi connectivity index (χ2n) is 6.77. The van der Waals surface area contributed by atoms with Crippen molar-refractivity contribution in [2.45, 2.75) is 37.5 Å². The van der Waals surface area contributed by atoms with Crippen LogP contribution in [0.4, 0.5) is 10.1 Å². The smallest absolute Gasteiger partial charge is 0.240 e. The van der Waals surface area contributed by atoms with Gasteiger partial charge in [0.15, 0.2) is 0 Å². The van der Waals surface area contributed by atoms with Gasteiger partial charge < -0.3 is 4.90 Å². The van der Waals surface area contributed by atoms with Gasteiger partial charge in [0.2, 0.25) is 10.0 Å². The maximum Gasteiger partial charge on any atom is 0.240 e. The fourth-order valence-corrected chi connectivity index (χ4v) is 4.34. The molecule has 0 amide bonds. The largest absolute Gasteiger partial charge is 0.372 e. The second kappa shape index (κ2) is 8.18. The zero-order valence-electron chi connectivity index (χ0n) is 15.0. The molecule has 0 aromatic heterocycles. The van der Waals surface area contributed by atoms with Crippen molar-refractivity contribution < 1.29 is 12.8 Å². The Morgan fingerprint density at radius 2 is 1.73 bits per heavy atom. The van der Waals surface area contributed by atoms with Gasteiger partial charge in [0, 0.05) is 25.3 Å². The number of nitrogens with one attached hydrogen (secondary N) is 1. The van der Waals surface area contributed by atoms with Crippen LogP contribution in [0.1, 0.15) is 30.4 Å². The number of hydrogen-bond donors (Lipinski definition) is 1. The van der Waals surface area contributed by atoms with E-state index < -0.39 is 15.8 Å². The molecule has 1 aliphatic rings. The first-order valence-electron chi connectivity index (χ1n) is 9.05. The number of halogens is 1. The Labute approximate surface area is 155 Å². The molecule has 1 N–H and O–H groups in total. The molecule has 0 spiro atoms. The third-order valence-corrected chi connectivity index (χ3v) is 6.26.